The number of carbonyl (C=O) groups excluding carboxylic acids is 2. The third-order valence-electron chi connectivity index (χ3n) is 10.8. The molecule has 5 rings (SSSR count). The quantitative estimate of drug-likeness (QED) is 0.148. The first kappa shape index (κ1) is 39.7. The predicted octanol–water partition coefficient (Wildman–Crippen LogP) is 7.54. The van der Waals surface area contributed by atoms with Crippen LogP contribution in [0.4, 0.5) is 0 Å². The summed E-state index contributed by atoms with van der Waals surface area (Å²) in [5.74, 6) is -0.732. The third-order valence-corrected chi connectivity index (χ3v) is 10.8. The fraction of sp³-hybridized carbons (Fsp3) is 0.488. The molecule has 2 aliphatic rings. The Morgan fingerprint density at radius 3 is 2.08 bits per heavy atom. The van der Waals surface area contributed by atoms with Crippen LogP contribution in [-0.2, 0) is 25.5 Å². The van der Waals surface area contributed by atoms with Crippen LogP contribution < -0.4 is 0 Å². The number of allylic oxidation sites excluding steroid dienone is 1. The number of H-pyrrole nitrogens is 2. The second-order valence-electron chi connectivity index (χ2n) is 16.7. The zero-order valence-electron chi connectivity index (χ0n) is 34.0. The molecule has 0 fully saturated rings. The minimum absolute atomic E-state index is 0.0149. The lowest BCUT2D eigenvalue weighted by atomic mass is 9.85. The molecule has 10 heteroatoms. The molecule has 10 nitrogen and oxygen atoms in total. The summed E-state index contributed by atoms with van der Waals surface area (Å²) in [5, 5.41) is 0. The van der Waals surface area contributed by atoms with Gasteiger partial charge < -0.3 is 28.4 Å². The zero-order valence-corrected chi connectivity index (χ0v) is 34.0. The number of rotatable bonds is 12. The number of aromatic nitrogens is 4. The predicted molar refractivity (Wildman–Crippen MR) is 215 cm³/mol. The summed E-state index contributed by atoms with van der Waals surface area (Å²) in [5.41, 5.74) is 13.4. The number of esters is 2. The highest BCUT2D eigenvalue weighted by Gasteiger charge is 2.34. The molecule has 3 aromatic rings. The van der Waals surface area contributed by atoms with Crippen LogP contribution in [-0.4, -0.2) is 109 Å². The maximum Gasteiger partial charge on any atom is 0.340 e. The normalized spacial score (nSPS) is 16.2. The third kappa shape index (κ3) is 8.65. The first-order chi connectivity index (χ1) is 24.8. The molecule has 2 aliphatic heterocycles. The van der Waals surface area contributed by atoms with Gasteiger partial charge in [-0.2, -0.15) is 0 Å². The molecule has 8 bridgehead atoms. The molecule has 0 radical (unpaired) electrons. The highest BCUT2D eigenvalue weighted by molar-refractivity contribution is 6.25. The van der Waals surface area contributed by atoms with E-state index in [1.807, 2.05) is 19.9 Å². The Labute approximate surface area is 315 Å². The van der Waals surface area contributed by atoms with Crippen molar-refractivity contribution >= 4 is 51.2 Å². The molecule has 0 spiro atoms. The van der Waals surface area contributed by atoms with Crippen LogP contribution >= 0.6 is 0 Å². The van der Waals surface area contributed by atoms with E-state index in [9.17, 15) is 9.59 Å². The largest absolute Gasteiger partial charge is 0.460 e. The summed E-state index contributed by atoms with van der Waals surface area (Å²) in [6, 6.07) is 6.32. The summed E-state index contributed by atoms with van der Waals surface area (Å²) in [6.45, 7) is 18.7. The number of ether oxygens (including phenoxy) is 2. The Bertz CT molecular complexity index is 2120. The van der Waals surface area contributed by atoms with Crippen LogP contribution in [0.3, 0.4) is 0 Å². The topological polar surface area (TPSA) is 110 Å². The lowest BCUT2D eigenvalue weighted by Gasteiger charge is -2.23. The fourth-order valence-electron chi connectivity index (χ4n) is 7.30. The molecule has 0 saturated carbocycles. The van der Waals surface area contributed by atoms with Crippen LogP contribution in [0.15, 0.2) is 24.8 Å². The van der Waals surface area contributed by atoms with Crippen molar-refractivity contribution in [3.05, 3.63) is 75.4 Å². The van der Waals surface area contributed by atoms with Crippen molar-refractivity contribution in [3.8, 4) is 0 Å². The standard InChI is InChI=1S/C43H59N6O4/c1-14-30-25(3)33-22-35-27(5)32(16-17-39(50)52-20-18-48(8,9)10)41(46-35)29(7)42-40(43(51)53-21-19-49(11,12)13)28(6)36(47-42)24-38-31(15-2)26(4)34(45-38)23-37(30)44-33/h14,22-24,27,32H,1,15-21H2,2-13H3,(H-,44,45,46,47,51)/q+1/p+1/t27-,32-/m0/s1. The van der Waals surface area contributed by atoms with Gasteiger partial charge in [-0.05, 0) is 86.6 Å². The van der Waals surface area contributed by atoms with Gasteiger partial charge in [-0.1, -0.05) is 26.5 Å². The number of aryl methyl sites for hydroxylation is 3. The molecule has 0 saturated heterocycles. The van der Waals surface area contributed by atoms with Crippen molar-refractivity contribution in [2.24, 2.45) is 0 Å². The molecule has 3 aromatic heterocycles. The summed E-state index contributed by atoms with van der Waals surface area (Å²) in [6.07, 6.45) is 3.53. The summed E-state index contributed by atoms with van der Waals surface area (Å²) < 4.78 is 13.0. The Balaban J connectivity index is 1.76. The maximum atomic E-state index is 14.0. The van der Waals surface area contributed by atoms with Gasteiger partial charge in [0, 0.05) is 57.3 Å². The lowest BCUT2D eigenvalue weighted by Crippen LogP contribution is -2.38. The Morgan fingerprint density at radius 2 is 1.45 bits per heavy atom. The van der Waals surface area contributed by atoms with Crippen LogP contribution in [0.5, 0.6) is 0 Å². The molecule has 0 amide bonds. The highest BCUT2D eigenvalue weighted by atomic mass is 16.5. The first-order valence-electron chi connectivity index (χ1n) is 18.8. The number of carbonyl (C=O) groups is 2. The van der Waals surface area contributed by atoms with E-state index in [0.717, 1.165) is 74.2 Å². The SMILES string of the molecule is C=Cc1c(C)c2cc3nc(c(C)c4nc(cc5[nH]c(cc1[nH]2)c(C)c5CC)C(C)=C4C(=O)OCC[N+](C)(C)C)[C@@H](CCC(=O)OCC[N+](C)(C)C)[C@@H]3C. The second kappa shape index (κ2) is 15.4. The monoisotopic (exact) mass is 724 g/mol. The van der Waals surface area contributed by atoms with Gasteiger partial charge in [0.25, 0.3) is 0 Å². The Morgan fingerprint density at radius 1 is 0.830 bits per heavy atom. The number of hydrogen-bond acceptors (Lipinski definition) is 6. The molecule has 0 aliphatic carbocycles. The Hall–Kier alpha value is -4.54. The van der Waals surface area contributed by atoms with E-state index in [4.69, 9.17) is 19.4 Å². The van der Waals surface area contributed by atoms with E-state index in [0.29, 0.717) is 45.5 Å². The molecular weight excluding hydrogens is 665 g/mol. The van der Waals surface area contributed by atoms with Gasteiger partial charge in [-0.15, -0.1) is 0 Å². The Kier molecular flexibility index (Phi) is 11.6. The van der Waals surface area contributed by atoms with Crippen LogP contribution in [0.25, 0.3) is 39.3 Å². The minimum Gasteiger partial charge on any atom is -0.460 e. The second-order valence-corrected chi connectivity index (χ2v) is 16.7. The molecule has 284 valence electrons. The first-order valence-corrected chi connectivity index (χ1v) is 18.8. The van der Waals surface area contributed by atoms with Gasteiger partial charge in [0.2, 0.25) is 0 Å². The van der Waals surface area contributed by atoms with Crippen molar-refractivity contribution in [1.82, 2.24) is 19.9 Å². The van der Waals surface area contributed by atoms with E-state index in [1.165, 1.54) is 5.56 Å². The van der Waals surface area contributed by atoms with Crippen molar-refractivity contribution < 1.29 is 28.0 Å². The number of aromatic amines is 2. The zero-order chi connectivity index (χ0) is 39.0. The van der Waals surface area contributed by atoms with Gasteiger partial charge in [0.1, 0.15) is 26.3 Å². The molecular formula is C43H60N6O4+2. The van der Waals surface area contributed by atoms with E-state index >= 15 is 0 Å². The van der Waals surface area contributed by atoms with Gasteiger partial charge in [0.05, 0.1) is 59.2 Å². The fourth-order valence-corrected chi connectivity index (χ4v) is 7.30. The van der Waals surface area contributed by atoms with Crippen LogP contribution in [0.2, 0.25) is 0 Å². The molecule has 0 aromatic carbocycles. The molecule has 5 heterocycles. The number of nitrogens with one attached hydrogen (secondary N) is 2. The van der Waals surface area contributed by atoms with Crippen molar-refractivity contribution in [1.29, 1.82) is 0 Å². The molecule has 2 N–H and O–H groups in total. The lowest BCUT2D eigenvalue weighted by molar-refractivity contribution is -0.870. The number of likely N-dealkylation sites (N-methyl/N-ethyl adjacent to an activating group) is 2. The highest BCUT2D eigenvalue weighted by Crippen LogP contribution is 2.43. The summed E-state index contributed by atoms with van der Waals surface area (Å²) in [7, 11) is 12.5. The number of fused-ring (bicyclic) bond motifs is 8. The average Bonchev–Trinajstić information content (AvgIpc) is 3.75. The smallest absolute Gasteiger partial charge is 0.340 e. The number of quaternary nitrogens is 2. The van der Waals surface area contributed by atoms with Crippen LogP contribution in [0.1, 0.15) is 96.0 Å². The van der Waals surface area contributed by atoms with E-state index < -0.39 is 5.97 Å². The summed E-state index contributed by atoms with van der Waals surface area (Å²) >= 11 is 0. The molecule has 2 atom stereocenters. The number of hydrogen-bond donors (Lipinski definition) is 2. The van der Waals surface area contributed by atoms with Crippen LogP contribution in [0, 0.1) is 20.8 Å². The molecule has 0 unspecified atom stereocenters. The van der Waals surface area contributed by atoms with Gasteiger partial charge in [-0.3, -0.25) is 9.78 Å². The van der Waals surface area contributed by atoms with Gasteiger partial charge in [-0.25, -0.2) is 9.78 Å². The summed E-state index contributed by atoms with van der Waals surface area (Å²) in [4.78, 5) is 44.9. The van der Waals surface area contributed by atoms with E-state index in [-0.39, 0.29) is 30.8 Å². The van der Waals surface area contributed by atoms with Crippen molar-refractivity contribution in [3.63, 3.8) is 0 Å². The van der Waals surface area contributed by atoms with E-state index in [1.54, 1.807) is 0 Å². The van der Waals surface area contributed by atoms with E-state index in [2.05, 4.69) is 105 Å². The average molecular weight is 725 g/mol. The molecule has 53 heavy (non-hydrogen) atoms. The van der Waals surface area contributed by atoms with Crippen molar-refractivity contribution in [2.75, 3.05) is 68.6 Å². The van der Waals surface area contributed by atoms with Crippen molar-refractivity contribution in [2.45, 2.75) is 72.6 Å². The maximum absolute atomic E-state index is 14.0. The minimum atomic E-state index is -0.395. The number of nitrogens with zero attached hydrogens (tertiary/aromatic N) is 4. The van der Waals surface area contributed by atoms with Gasteiger partial charge in [0.15, 0.2) is 0 Å². The van der Waals surface area contributed by atoms with Gasteiger partial charge >= 0.3 is 11.9 Å².